The minimum Gasteiger partial charge on any atom is -0.497 e. The van der Waals surface area contributed by atoms with Crippen LogP contribution in [-0.4, -0.2) is 43.5 Å². The number of hydrogen-bond donors (Lipinski definition) is 2. The van der Waals surface area contributed by atoms with Crippen LogP contribution in [0.3, 0.4) is 0 Å². The molecule has 0 amide bonds. The number of thiophene rings is 1. The molecule has 0 radical (unpaired) electrons. The lowest BCUT2D eigenvalue weighted by Crippen LogP contribution is -2.52. The first-order chi connectivity index (χ1) is 17.2. The number of fused-ring (bicyclic) bond motifs is 4. The molecule has 1 saturated heterocycles. The Hall–Kier alpha value is -2.84. The van der Waals surface area contributed by atoms with Gasteiger partial charge in [-0.3, -0.25) is 0 Å². The van der Waals surface area contributed by atoms with E-state index in [9.17, 15) is 4.39 Å². The van der Waals surface area contributed by atoms with E-state index < -0.39 is 0 Å². The van der Waals surface area contributed by atoms with Crippen molar-refractivity contribution >= 4 is 68.4 Å². The van der Waals surface area contributed by atoms with Crippen molar-refractivity contribution in [3.05, 3.63) is 83.7 Å². The fraction of sp³-hybridized carbons (Fsp3) is 0.250. The lowest BCUT2D eigenvalue weighted by atomic mass is 10.0. The summed E-state index contributed by atoms with van der Waals surface area (Å²) in [7, 11) is 1.71. The van der Waals surface area contributed by atoms with E-state index in [1.165, 1.54) is 27.8 Å². The largest absolute Gasteiger partial charge is 0.497 e. The van der Waals surface area contributed by atoms with Gasteiger partial charge in [0.15, 0.2) is 0 Å². The van der Waals surface area contributed by atoms with Crippen molar-refractivity contribution < 1.29 is 9.13 Å². The zero-order chi connectivity index (χ0) is 23.8. The van der Waals surface area contributed by atoms with Crippen molar-refractivity contribution in [2.75, 3.05) is 32.1 Å². The Labute approximate surface area is 232 Å². The summed E-state index contributed by atoms with van der Waals surface area (Å²) < 4.78 is 20.7. The summed E-state index contributed by atoms with van der Waals surface area (Å²) >= 11 is 1.69. The molecule has 1 atom stereocenters. The number of aryl methyl sites for hydroxylation is 1. The number of rotatable bonds is 4. The Morgan fingerprint density at radius 3 is 2.81 bits per heavy atom. The average Bonchev–Trinajstić information content (AvgIpc) is 3.16. The van der Waals surface area contributed by atoms with Gasteiger partial charge in [-0.2, -0.15) is 0 Å². The number of halogens is 3. The van der Waals surface area contributed by atoms with E-state index in [1.807, 2.05) is 12.1 Å². The molecule has 6 rings (SSSR count). The molecule has 2 aliphatic heterocycles. The molecule has 2 aliphatic rings. The number of nitrogens with zero attached hydrogens (tertiary/aromatic N) is 2. The van der Waals surface area contributed by atoms with E-state index in [0.29, 0.717) is 11.7 Å². The third-order valence-electron chi connectivity index (χ3n) is 6.72. The van der Waals surface area contributed by atoms with Gasteiger partial charge in [0.05, 0.1) is 24.0 Å². The number of methoxy groups -OCH3 is 1. The van der Waals surface area contributed by atoms with Gasteiger partial charge in [0, 0.05) is 35.8 Å². The van der Waals surface area contributed by atoms with Crippen LogP contribution in [0.1, 0.15) is 17.5 Å². The van der Waals surface area contributed by atoms with Gasteiger partial charge in [0.25, 0.3) is 0 Å². The van der Waals surface area contributed by atoms with Crippen molar-refractivity contribution in [3.63, 3.8) is 0 Å². The van der Waals surface area contributed by atoms with Crippen LogP contribution in [-0.2, 0) is 6.42 Å². The Balaban J connectivity index is 0.00000160. The Bertz CT molecular complexity index is 1430. The molecule has 4 aromatic rings. The second kappa shape index (κ2) is 11.7. The Morgan fingerprint density at radius 1 is 1.08 bits per heavy atom. The average molecular weight is 560 g/mol. The van der Waals surface area contributed by atoms with Crippen molar-refractivity contribution in [1.82, 2.24) is 10.2 Å². The third kappa shape index (κ3) is 5.55. The molecule has 2 N–H and O–H groups in total. The van der Waals surface area contributed by atoms with Gasteiger partial charge in [-0.1, -0.05) is 30.3 Å². The third-order valence-corrected chi connectivity index (χ3v) is 7.81. The van der Waals surface area contributed by atoms with E-state index in [0.717, 1.165) is 60.3 Å². The normalized spacial score (nSPS) is 16.3. The van der Waals surface area contributed by atoms with E-state index in [-0.39, 0.29) is 30.6 Å². The van der Waals surface area contributed by atoms with Gasteiger partial charge in [-0.15, -0.1) is 36.2 Å². The monoisotopic (exact) mass is 558 g/mol. The van der Waals surface area contributed by atoms with E-state index in [4.69, 9.17) is 9.73 Å². The minimum absolute atomic E-state index is 0. The number of aliphatic imine (C=N–C) groups is 1. The highest BCUT2D eigenvalue weighted by atomic mass is 35.5. The van der Waals surface area contributed by atoms with Gasteiger partial charge in [-0.05, 0) is 54.8 Å². The molecular weight excluding hydrogens is 530 g/mol. The summed E-state index contributed by atoms with van der Waals surface area (Å²) in [5.41, 5.74) is 3.86. The highest BCUT2D eigenvalue weighted by molar-refractivity contribution is 7.23. The molecule has 1 fully saturated rings. The molecule has 194 valence electrons. The molecule has 0 bridgehead atoms. The summed E-state index contributed by atoms with van der Waals surface area (Å²) in [5.74, 6) is 1.59. The van der Waals surface area contributed by atoms with Gasteiger partial charge in [0.1, 0.15) is 22.4 Å². The molecule has 3 heterocycles. The van der Waals surface area contributed by atoms with Crippen molar-refractivity contribution in [1.29, 1.82) is 0 Å². The van der Waals surface area contributed by atoms with Gasteiger partial charge in [0.2, 0.25) is 0 Å². The van der Waals surface area contributed by atoms with Crippen LogP contribution >= 0.6 is 36.2 Å². The number of anilines is 2. The zero-order valence-corrected chi connectivity index (χ0v) is 22.8. The maximum Gasteiger partial charge on any atom is 0.140 e. The van der Waals surface area contributed by atoms with Gasteiger partial charge in [-0.25, -0.2) is 9.38 Å². The lowest BCUT2D eigenvalue weighted by molar-refractivity contribution is 0.282. The smallest absolute Gasteiger partial charge is 0.140 e. The first kappa shape index (κ1) is 27.2. The predicted molar refractivity (Wildman–Crippen MR) is 157 cm³/mol. The van der Waals surface area contributed by atoms with Gasteiger partial charge >= 0.3 is 0 Å². The highest BCUT2D eigenvalue weighted by Gasteiger charge is 2.29. The Morgan fingerprint density at radius 2 is 1.95 bits per heavy atom. The molecule has 9 heteroatoms. The summed E-state index contributed by atoms with van der Waals surface area (Å²) in [6.45, 7) is 2.63. The maximum atomic E-state index is 14.1. The number of piperazine rings is 1. The molecular formula is C28H29Cl2FN4OS. The fourth-order valence-electron chi connectivity index (χ4n) is 4.96. The first-order valence-electron chi connectivity index (χ1n) is 12.0. The molecule has 0 saturated carbocycles. The van der Waals surface area contributed by atoms with E-state index in [1.54, 1.807) is 24.5 Å². The van der Waals surface area contributed by atoms with Crippen LogP contribution in [0.25, 0.3) is 10.1 Å². The molecule has 5 nitrogen and oxygen atoms in total. The SMILES string of the molecule is COc1cccc(CCC2CN(C3=Nc4ccc(F)cc4Nc4sc5ccccc5c43)CCN2)c1.Cl.Cl. The number of amidine groups is 1. The Kier molecular flexibility index (Phi) is 8.60. The number of hydrogen-bond acceptors (Lipinski definition) is 6. The van der Waals surface area contributed by atoms with Crippen LogP contribution in [0.15, 0.2) is 71.7 Å². The summed E-state index contributed by atoms with van der Waals surface area (Å²) in [4.78, 5) is 7.51. The maximum absolute atomic E-state index is 14.1. The number of benzene rings is 3. The van der Waals surface area contributed by atoms with Crippen molar-refractivity contribution in [2.45, 2.75) is 18.9 Å². The second-order valence-corrected chi connectivity index (χ2v) is 10.1. The highest BCUT2D eigenvalue weighted by Crippen LogP contribution is 2.43. The predicted octanol–water partition coefficient (Wildman–Crippen LogP) is 6.93. The van der Waals surface area contributed by atoms with Crippen LogP contribution < -0.4 is 15.4 Å². The standard InChI is InChI=1S/C28H27FN4OS.2ClH/c1-34-21-6-4-5-18(15-21)9-11-20-17-33(14-13-30-20)27-26-22-7-2-3-8-25(22)35-28(26)32-24-16-19(29)10-12-23(24)31-27;;/h2-8,10,12,15-16,20,30,32H,9,11,13-14,17H2,1H3;2*1H. The van der Waals surface area contributed by atoms with E-state index in [2.05, 4.69) is 51.9 Å². The molecule has 0 aliphatic carbocycles. The molecule has 3 aromatic carbocycles. The topological polar surface area (TPSA) is 48.9 Å². The minimum atomic E-state index is -0.266. The van der Waals surface area contributed by atoms with Gasteiger partial charge < -0.3 is 20.3 Å². The van der Waals surface area contributed by atoms with Crippen LogP contribution in [0.5, 0.6) is 5.75 Å². The number of ether oxygens (including phenoxy) is 1. The van der Waals surface area contributed by atoms with Crippen LogP contribution in [0, 0.1) is 5.82 Å². The van der Waals surface area contributed by atoms with Crippen LogP contribution in [0.2, 0.25) is 0 Å². The molecule has 37 heavy (non-hydrogen) atoms. The van der Waals surface area contributed by atoms with E-state index >= 15 is 0 Å². The summed E-state index contributed by atoms with van der Waals surface area (Å²) in [6, 6.07) is 21.8. The molecule has 1 aromatic heterocycles. The fourth-order valence-corrected chi connectivity index (χ4v) is 6.07. The summed E-state index contributed by atoms with van der Waals surface area (Å²) in [5, 5.41) is 9.37. The quantitative estimate of drug-likeness (QED) is 0.285. The molecule has 1 unspecified atom stereocenters. The van der Waals surface area contributed by atoms with Crippen molar-refractivity contribution in [2.24, 2.45) is 4.99 Å². The van der Waals surface area contributed by atoms with Crippen LogP contribution in [0.4, 0.5) is 20.8 Å². The lowest BCUT2D eigenvalue weighted by Gasteiger charge is -2.36. The zero-order valence-electron chi connectivity index (χ0n) is 20.4. The van der Waals surface area contributed by atoms with Crippen molar-refractivity contribution in [3.8, 4) is 5.75 Å². The number of nitrogens with one attached hydrogen (secondary N) is 2. The summed E-state index contributed by atoms with van der Waals surface area (Å²) in [6.07, 6.45) is 2.00. The first-order valence-corrected chi connectivity index (χ1v) is 12.8. The molecule has 0 spiro atoms. The second-order valence-electron chi connectivity index (χ2n) is 9.01.